The molecule has 0 bridgehead atoms. The van der Waals surface area contributed by atoms with E-state index in [0.717, 1.165) is 4.90 Å². The van der Waals surface area contributed by atoms with Gasteiger partial charge in [-0.2, -0.15) is 0 Å². The van der Waals surface area contributed by atoms with Crippen molar-refractivity contribution < 1.29 is 39.5 Å². The summed E-state index contributed by atoms with van der Waals surface area (Å²) in [4.78, 5) is 37.7. The molecule has 1 aromatic rings. The normalized spacial score (nSPS) is 29.7. The van der Waals surface area contributed by atoms with Crippen LogP contribution in [0.5, 0.6) is 0 Å². The first kappa shape index (κ1) is 20.4. The number of imide groups is 1. The van der Waals surface area contributed by atoms with Crippen molar-refractivity contribution in [1.82, 2.24) is 10.2 Å². The lowest BCUT2D eigenvalue weighted by Gasteiger charge is -2.40. The summed E-state index contributed by atoms with van der Waals surface area (Å²) < 4.78 is 4.96. The molecule has 1 saturated heterocycles. The Morgan fingerprint density at radius 2 is 1.68 bits per heavy atom. The Morgan fingerprint density at radius 1 is 1.07 bits per heavy atom. The number of amides is 3. The number of carbonyl (C=O) groups excluding carboxylic acids is 3. The number of hydrogen-bond acceptors (Lipinski definition) is 8. The van der Waals surface area contributed by atoms with E-state index in [4.69, 9.17) is 9.84 Å². The first-order valence-corrected chi connectivity index (χ1v) is 8.90. The molecule has 0 aromatic heterocycles. The van der Waals surface area contributed by atoms with Crippen LogP contribution in [-0.2, 0) is 9.53 Å². The molecule has 28 heavy (non-hydrogen) atoms. The van der Waals surface area contributed by atoms with Crippen molar-refractivity contribution in [3.63, 3.8) is 0 Å². The van der Waals surface area contributed by atoms with E-state index in [0.29, 0.717) is 11.1 Å². The predicted octanol–water partition coefficient (Wildman–Crippen LogP) is -2.02. The Bertz CT molecular complexity index is 735. The van der Waals surface area contributed by atoms with Crippen LogP contribution < -0.4 is 5.32 Å². The number of carbonyl (C=O) groups is 3. The maximum Gasteiger partial charge on any atom is 0.261 e. The Balaban J connectivity index is 1.50. The largest absolute Gasteiger partial charge is 0.394 e. The number of aliphatic hydroxyl groups excluding tert-OH is 4. The zero-order valence-corrected chi connectivity index (χ0v) is 14.9. The van der Waals surface area contributed by atoms with Gasteiger partial charge in [-0.1, -0.05) is 12.1 Å². The molecule has 10 nitrogen and oxygen atoms in total. The summed E-state index contributed by atoms with van der Waals surface area (Å²) >= 11 is 0. The summed E-state index contributed by atoms with van der Waals surface area (Å²) in [5, 5.41) is 41.1. The van der Waals surface area contributed by atoms with Gasteiger partial charge in [0.15, 0.2) is 6.29 Å². The number of ether oxygens (including phenoxy) is 1. The van der Waals surface area contributed by atoms with Crippen LogP contribution in [0.3, 0.4) is 0 Å². The molecule has 2 aliphatic rings. The van der Waals surface area contributed by atoms with Gasteiger partial charge in [-0.3, -0.25) is 19.3 Å². The zero-order valence-electron chi connectivity index (χ0n) is 14.9. The van der Waals surface area contributed by atoms with E-state index < -0.39 is 55.0 Å². The van der Waals surface area contributed by atoms with Crippen LogP contribution in [0.4, 0.5) is 0 Å². The molecule has 1 fully saturated rings. The van der Waals surface area contributed by atoms with Crippen molar-refractivity contribution >= 4 is 17.7 Å². The van der Waals surface area contributed by atoms with Gasteiger partial charge in [-0.15, -0.1) is 0 Å². The van der Waals surface area contributed by atoms with Crippen LogP contribution in [0, 0.1) is 0 Å². The van der Waals surface area contributed by atoms with Gasteiger partial charge in [0, 0.05) is 13.0 Å². The molecule has 1 aromatic carbocycles. The van der Waals surface area contributed by atoms with Crippen LogP contribution in [-0.4, -0.2) is 86.8 Å². The second-order valence-electron chi connectivity index (χ2n) is 6.73. The van der Waals surface area contributed by atoms with Crippen molar-refractivity contribution in [1.29, 1.82) is 0 Å². The molecule has 5 atom stereocenters. The second-order valence-corrected chi connectivity index (χ2v) is 6.73. The maximum atomic E-state index is 12.3. The number of aliphatic hydroxyl groups is 4. The van der Waals surface area contributed by atoms with E-state index in [-0.39, 0.29) is 19.4 Å². The zero-order chi connectivity index (χ0) is 20.4. The fourth-order valence-corrected chi connectivity index (χ4v) is 3.35. The minimum absolute atomic E-state index is 0.0429. The molecule has 0 radical (unpaired) electrons. The minimum atomic E-state index is -1.60. The molecule has 0 aliphatic carbocycles. The van der Waals surface area contributed by atoms with Crippen molar-refractivity contribution in [3.05, 3.63) is 35.4 Å². The summed E-state index contributed by atoms with van der Waals surface area (Å²) in [6, 6.07) is 5.20. The highest BCUT2D eigenvalue weighted by atomic mass is 16.6. The molecule has 0 spiro atoms. The summed E-state index contributed by atoms with van der Waals surface area (Å²) in [6.45, 7) is -0.558. The third-order valence-corrected chi connectivity index (χ3v) is 4.89. The van der Waals surface area contributed by atoms with Gasteiger partial charge < -0.3 is 30.5 Å². The molecule has 2 aliphatic heterocycles. The van der Waals surface area contributed by atoms with Gasteiger partial charge in [0.1, 0.15) is 24.4 Å². The summed E-state index contributed by atoms with van der Waals surface area (Å²) in [5.41, 5.74) is 0.657. The van der Waals surface area contributed by atoms with E-state index in [2.05, 4.69) is 5.32 Å². The van der Waals surface area contributed by atoms with E-state index >= 15 is 0 Å². The highest BCUT2D eigenvalue weighted by Gasteiger charge is 2.44. The number of nitrogens with zero attached hydrogens (tertiary/aromatic N) is 1. The number of rotatable bonds is 6. The van der Waals surface area contributed by atoms with Crippen molar-refractivity contribution in [2.24, 2.45) is 0 Å². The molecule has 5 N–H and O–H groups in total. The highest BCUT2D eigenvalue weighted by molar-refractivity contribution is 6.21. The second kappa shape index (κ2) is 8.33. The summed E-state index contributed by atoms with van der Waals surface area (Å²) in [6.07, 6.45) is -5.66. The lowest BCUT2D eigenvalue weighted by molar-refractivity contribution is -0.253. The third-order valence-electron chi connectivity index (χ3n) is 4.89. The standard InChI is InChI=1S/C18H22N2O8/c21-8-11-14(23)15(24)13(18(27)28-11)19-12(22)6-3-7-20-16(25)9-4-1-2-5-10(9)17(20)26/h1-2,4-5,11,13-15,18,21,23-24,27H,3,6-8H2,(H,19,22)/t11-,13-,14-,15-,18+/m0/s1. The van der Waals surface area contributed by atoms with Gasteiger partial charge in [-0.25, -0.2) is 0 Å². The minimum Gasteiger partial charge on any atom is -0.394 e. The number of nitrogens with one attached hydrogen (secondary N) is 1. The van der Waals surface area contributed by atoms with Crippen molar-refractivity contribution in [2.45, 2.75) is 43.5 Å². The molecule has 0 saturated carbocycles. The van der Waals surface area contributed by atoms with Crippen molar-refractivity contribution in [2.75, 3.05) is 13.2 Å². The quantitative estimate of drug-likeness (QED) is 0.346. The smallest absolute Gasteiger partial charge is 0.261 e. The molecule has 10 heteroatoms. The lowest BCUT2D eigenvalue weighted by atomic mass is 9.97. The van der Waals surface area contributed by atoms with Crippen LogP contribution >= 0.6 is 0 Å². The summed E-state index contributed by atoms with van der Waals surface area (Å²) in [7, 11) is 0. The van der Waals surface area contributed by atoms with Gasteiger partial charge >= 0.3 is 0 Å². The molecule has 0 unspecified atom stereocenters. The molecule has 2 heterocycles. The fraction of sp³-hybridized carbons (Fsp3) is 0.500. The molecule has 152 valence electrons. The average Bonchev–Trinajstić information content (AvgIpc) is 2.93. The van der Waals surface area contributed by atoms with E-state index in [1.54, 1.807) is 24.3 Å². The maximum absolute atomic E-state index is 12.3. The number of benzene rings is 1. The highest BCUT2D eigenvalue weighted by Crippen LogP contribution is 2.23. The van der Waals surface area contributed by atoms with Crippen LogP contribution in [0.1, 0.15) is 33.6 Å². The lowest BCUT2D eigenvalue weighted by Crippen LogP contribution is -2.64. The van der Waals surface area contributed by atoms with Crippen molar-refractivity contribution in [3.8, 4) is 0 Å². The predicted molar refractivity (Wildman–Crippen MR) is 93.0 cm³/mol. The van der Waals surface area contributed by atoms with E-state index in [1.165, 1.54) is 0 Å². The molecular weight excluding hydrogens is 372 g/mol. The molecular formula is C18H22N2O8. The summed E-state index contributed by atoms with van der Waals surface area (Å²) in [5.74, 6) is -1.38. The monoisotopic (exact) mass is 394 g/mol. The van der Waals surface area contributed by atoms with E-state index in [9.17, 15) is 29.7 Å². The average molecular weight is 394 g/mol. The molecule has 3 rings (SSSR count). The van der Waals surface area contributed by atoms with Crippen LogP contribution in [0.25, 0.3) is 0 Å². The Hall–Kier alpha value is -2.37. The molecule has 3 amide bonds. The topological polar surface area (TPSA) is 157 Å². The van der Waals surface area contributed by atoms with Crippen LogP contribution in [0.15, 0.2) is 24.3 Å². The third kappa shape index (κ3) is 3.77. The first-order chi connectivity index (χ1) is 13.3. The first-order valence-electron chi connectivity index (χ1n) is 8.90. The van der Waals surface area contributed by atoms with Gasteiger partial charge in [-0.05, 0) is 18.6 Å². The van der Waals surface area contributed by atoms with Gasteiger partial charge in [0.25, 0.3) is 11.8 Å². The number of hydrogen-bond donors (Lipinski definition) is 5. The number of fused-ring (bicyclic) bond motifs is 1. The van der Waals surface area contributed by atoms with Crippen LogP contribution in [0.2, 0.25) is 0 Å². The fourth-order valence-electron chi connectivity index (χ4n) is 3.35. The Kier molecular flexibility index (Phi) is 6.06. The van der Waals surface area contributed by atoms with E-state index in [1.807, 2.05) is 0 Å². The SMILES string of the molecule is O=C(CCCN1C(=O)c2ccccc2C1=O)N[C@H]1[C@H](O)[C@@H](O)[C@H](CO)O[C@H]1O. The van der Waals surface area contributed by atoms with Gasteiger partial charge in [0.05, 0.1) is 17.7 Å². The van der Waals surface area contributed by atoms with Gasteiger partial charge in [0.2, 0.25) is 5.91 Å². The Morgan fingerprint density at radius 3 is 2.25 bits per heavy atom. The Labute approximate surface area is 160 Å².